The summed E-state index contributed by atoms with van der Waals surface area (Å²) >= 11 is 7.70. The van der Waals surface area contributed by atoms with Crippen molar-refractivity contribution in [2.45, 2.75) is 52.7 Å². The molecule has 0 radical (unpaired) electrons. The van der Waals surface area contributed by atoms with Crippen LogP contribution in [0.1, 0.15) is 45.5 Å². The lowest BCUT2D eigenvalue weighted by Gasteiger charge is -2.38. The summed E-state index contributed by atoms with van der Waals surface area (Å²) in [6.07, 6.45) is 0. The van der Waals surface area contributed by atoms with Crippen molar-refractivity contribution < 1.29 is 0 Å². The molecule has 2 nitrogen and oxygen atoms in total. The highest BCUT2D eigenvalue weighted by molar-refractivity contribution is 7.16. The van der Waals surface area contributed by atoms with E-state index in [1.165, 1.54) is 4.88 Å². The molecule has 0 aromatic carbocycles. The first kappa shape index (κ1) is 16.0. The molecule has 0 bridgehead atoms. The van der Waals surface area contributed by atoms with Crippen LogP contribution >= 0.6 is 22.9 Å². The van der Waals surface area contributed by atoms with Gasteiger partial charge in [-0.1, -0.05) is 25.4 Å². The summed E-state index contributed by atoms with van der Waals surface area (Å²) in [5.74, 6) is 0.629. The van der Waals surface area contributed by atoms with Crippen LogP contribution < -0.4 is 5.73 Å². The van der Waals surface area contributed by atoms with Crippen LogP contribution in [0.5, 0.6) is 0 Å². The number of nitrogens with zero attached hydrogens (tertiary/aromatic N) is 1. The van der Waals surface area contributed by atoms with E-state index >= 15 is 0 Å². The summed E-state index contributed by atoms with van der Waals surface area (Å²) in [7, 11) is 0. The van der Waals surface area contributed by atoms with E-state index in [9.17, 15) is 0 Å². The summed E-state index contributed by atoms with van der Waals surface area (Å²) in [6.45, 7) is 12.1. The molecule has 1 aromatic rings. The van der Waals surface area contributed by atoms with Crippen LogP contribution in [-0.4, -0.2) is 23.5 Å². The topological polar surface area (TPSA) is 29.3 Å². The third-order valence-corrected chi connectivity index (χ3v) is 4.28. The normalized spacial score (nSPS) is 15.7. The third-order valence-electron chi connectivity index (χ3n) is 2.98. The maximum atomic E-state index is 6.21. The lowest BCUT2D eigenvalue weighted by Crippen LogP contribution is -2.44. The molecule has 1 rings (SSSR count). The van der Waals surface area contributed by atoms with E-state index in [0.29, 0.717) is 12.0 Å². The molecule has 1 heterocycles. The zero-order valence-corrected chi connectivity index (χ0v) is 13.6. The van der Waals surface area contributed by atoms with E-state index in [1.807, 2.05) is 6.07 Å². The predicted octanol–water partition coefficient (Wildman–Crippen LogP) is 4.16. The van der Waals surface area contributed by atoms with Gasteiger partial charge in [-0.25, -0.2) is 0 Å². The third kappa shape index (κ3) is 4.23. The van der Waals surface area contributed by atoms with Gasteiger partial charge in [0.15, 0.2) is 0 Å². The van der Waals surface area contributed by atoms with Crippen LogP contribution in [0.2, 0.25) is 4.34 Å². The standard InChI is InChI=1S/C14H25ClN2S/c1-9(2)8-17(10(3)4)14(11(5)16)12-6-7-13(15)18-12/h6-7,9-11,14H,8,16H2,1-5H3. The fourth-order valence-electron chi connectivity index (χ4n) is 2.28. The lowest BCUT2D eigenvalue weighted by molar-refractivity contribution is 0.121. The fourth-order valence-corrected chi connectivity index (χ4v) is 3.58. The van der Waals surface area contributed by atoms with Gasteiger partial charge in [-0.15, -0.1) is 11.3 Å². The fraction of sp³-hybridized carbons (Fsp3) is 0.714. The van der Waals surface area contributed by atoms with Crippen molar-refractivity contribution in [2.75, 3.05) is 6.54 Å². The smallest absolute Gasteiger partial charge is 0.0931 e. The van der Waals surface area contributed by atoms with Gasteiger partial charge in [0.25, 0.3) is 0 Å². The van der Waals surface area contributed by atoms with E-state index in [2.05, 4.69) is 45.6 Å². The maximum Gasteiger partial charge on any atom is 0.0931 e. The Bertz CT molecular complexity index is 360. The van der Waals surface area contributed by atoms with Crippen LogP contribution in [0, 0.1) is 5.92 Å². The number of halogens is 1. The van der Waals surface area contributed by atoms with Gasteiger partial charge >= 0.3 is 0 Å². The van der Waals surface area contributed by atoms with Crippen molar-refractivity contribution in [1.82, 2.24) is 4.90 Å². The maximum absolute atomic E-state index is 6.21. The monoisotopic (exact) mass is 288 g/mol. The molecule has 0 aliphatic heterocycles. The first-order valence-corrected chi connectivity index (χ1v) is 7.79. The molecule has 0 saturated heterocycles. The SMILES string of the molecule is CC(C)CN(C(C)C)C(c1ccc(Cl)s1)C(C)N. The Morgan fingerprint density at radius 2 is 1.83 bits per heavy atom. The molecular weight excluding hydrogens is 264 g/mol. The Morgan fingerprint density at radius 1 is 1.22 bits per heavy atom. The number of thiophene rings is 1. The second kappa shape index (κ2) is 6.90. The largest absolute Gasteiger partial charge is 0.326 e. The van der Waals surface area contributed by atoms with E-state index in [1.54, 1.807) is 11.3 Å². The van der Waals surface area contributed by atoms with Gasteiger partial charge in [0.05, 0.1) is 10.4 Å². The number of nitrogens with two attached hydrogens (primary N) is 1. The second-order valence-corrected chi connectivity index (χ2v) is 7.38. The minimum Gasteiger partial charge on any atom is -0.326 e. The zero-order chi connectivity index (χ0) is 13.9. The van der Waals surface area contributed by atoms with Gasteiger partial charge < -0.3 is 5.73 Å². The van der Waals surface area contributed by atoms with Crippen LogP contribution in [0.3, 0.4) is 0 Å². The van der Waals surface area contributed by atoms with E-state index in [-0.39, 0.29) is 12.1 Å². The summed E-state index contributed by atoms with van der Waals surface area (Å²) in [5.41, 5.74) is 6.21. The summed E-state index contributed by atoms with van der Waals surface area (Å²) in [6, 6.07) is 4.90. The minimum atomic E-state index is 0.0980. The van der Waals surface area contributed by atoms with Crippen molar-refractivity contribution >= 4 is 22.9 Å². The van der Waals surface area contributed by atoms with Crippen molar-refractivity contribution in [1.29, 1.82) is 0 Å². The molecule has 0 saturated carbocycles. The molecule has 4 heteroatoms. The number of hydrogen-bond acceptors (Lipinski definition) is 3. The number of hydrogen-bond donors (Lipinski definition) is 1. The second-order valence-electron chi connectivity index (χ2n) is 5.63. The minimum absolute atomic E-state index is 0.0980. The Balaban J connectivity index is 3.01. The summed E-state index contributed by atoms with van der Waals surface area (Å²) < 4.78 is 0.837. The molecule has 1 aromatic heterocycles. The molecule has 2 atom stereocenters. The van der Waals surface area contributed by atoms with E-state index in [4.69, 9.17) is 17.3 Å². The van der Waals surface area contributed by atoms with Crippen LogP contribution in [0.15, 0.2) is 12.1 Å². The van der Waals surface area contributed by atoms with Gasteiger partial charge in [0.2, 0.25) is 0 Å². The Hall–Kier alpha value is -0.0900. The first-order valence-electron chi connectivity index (χ1n) is 6.59. The van der Waals surface area contributed by atoms with Crippen molar-refractivity contribution in [3.63, 3.8) is 0 Å². The Morgan fingerprint density at radius 3 is 2.17 bits per heavy atom. The highest BCUT2D eigenvalue weighted by Gasteiger charge is 2.27. The average Bonchev–Trinajstić information content (AvgIpc) is 2.62. The summed E-state index contributed by atoms with van der Waals surface area (Å²) in [4.78, 5) is 3.75. The van der Waals surface area contributed by atoms with Crippen LogP contribution in [-0.2, 0) is 0 Å². The Labute approximate surface area is 120 Å². The van der Waals surface area contributed by atoms with Gasteiger partial charge in [0, 0.05) is 23.5 Å². The van der Waals surface area contributed by atoms with Crippen LogP contribution in [0.25, 0.3) is 0 Å². The molecule has 0 spiro atoms. The molecule has 0 aliphatic rings. The quantitative estimate of drug-likeness (QED) is 0.852. The molecule has 104 valence electrons. The highest BCUT2D eigenvalue weighted by Crippen LogP contribution is 2.33. The molecule has 0 amide bonds. The zero-order valence-electron chi connectivity index (χ0n) is 12.0. The predicted molar refractivity (Wildman–Crippen MR) is 82.4 cm³/mol. The number of rotatable bonds is 6. The first-order chi connectivity index (χ1) is 8.32. The van der Waals surface area contributed by atoms with Gasteiger partial charge in [-0.2, -0.15) is 0 Å². The van der Waals surface area contributed by atoms with Crippen molar-refractivity contribution in [3.8, 4) is 0 Å². The molecule has 0 fully saturated rings. The summed E-state index contributed by atoms with van der Waals surface area (Å²) in [5, 5.41) is 0. The highest BCUT2D eigenvalue weighted by atomic mass is 35.5. The molecule has 2 unspecified atom stereocenters. The molecule has 2 N–H and O–H groups in total. The van der Waals surface area contributed by atoms with Gasteiger partial charge in [0.1, 0.15) is 0 Å². The Kier molecular flexibility index (Phi) is 6.12. The average molecular weight is 289 g/mol. The van der Waals surface area contributed by atoms with E-state index < -0.39 is 0 Å². The molecule has 0 aliphatic carbocycles. The lowest BCUT2D eigenvalue weighted by atomic mass is 10.0. The van der Waals surface area contributed by atoms with Gasteiger partial charge in [-0.05, 0) is 38.8 Å². The van der Waals surface area contributed by atoms with Crippen molar-refractivity contribution in [2.24, 2.45) is 11.7 Å². The van der Waals surface area contributed by atoms with Gasteiger partial charge in [-0.3, -0.25) is 4.90 Å². The van der Waals surface area contributed by atoms with Crippen molar-refractivity contribution in [3.05, 3.63) is 21.3 Å². The van der Waals surface area contributed by atoms with E-state index in [0.717, 1.165) is 10.9 Å². The molecule has 18 heavy (non-hydrogen) atoms. The molecular formula is C14H25ClN2S. The van der Waals surface area contributed by atoms with Crippen LogP contribution in [0.4, 0.5) is 0 Å².